The highest BCUT2D eigenvalue weighted by atomic mass is 16.4. The van der Waals surface area contributed by atoms with Crippen LogP contribution in [0, 0.1) is 0 Å². The number of benzene rings is 1. The van der Waals surface area contributed by atoms with Crippen molar-refractivity contribution in [1.29, 1.82) is 0 Å². The smallest absolute Gasteiger partial charge is 0.298 e. The number of anilines is 1. The zero-order chi connectivity index (χ0) is 12.5. The molecule has 1 fully saturated rings. The van der Waals surface area contributed by atoms with E-state index in [-0.39, 0.29) is 11.9 Å². The Labute approximate surface area is 105 Å². The molecule has 5 nitrogen and oxygen atoms in total. The molecule has 0 spiro atoms. The van der Waals surface area contributed by atoms with Crippen molar-refractivity contribution in [3.05, 3.63) is 24.3 Å². The monoisotopic (exact) mass is 245 g/mol. The normalized spacial score (nSPS) is 20.8. The van der Waals surface area contributed by atoms with Crippen molar-refractivity contribution in [1.82, 2.24) is 10.3 Å². The highest BCUT2D eigenvalue weighted by Gasteiger charge is 2.24. The maximum absolute atomic E-state index is 11.5. The summed E-state index contributed by atoms with van der Waals surface area (Å²) >= 11 is 0. The van der Waals surface area contributed by atoms with Gasteiger partial charge in [0.2, 0.25) is 5.91 Å². The number of hydrogen-bond donors (Lipinski definition) is 1. The average Bonchev–Trinajstić information content (AvgIpc) is 2.69. The molecule has 0 aliphatic carbocycles. The first kappa shape index (κ1) is 11.1. The summed E-state index contributed by atoms with van der Waals surface area (Å²) in [6.45, 7) is 3.36. The fraction of sp³-hybridized carbons (Fsp3) is 0.385. The molecule has 1 atom stereocenters. The van der Waals surface area contributed by atoms with Gasteiger partial charge in [0.05, 0.1) is 0 Å². The summed E-state index contributed by atoms with van der Waals surface area (Å²) in [6, 6.07) is 8.38. The number of fused-ring (bicyclic) bond motifs is 1. The molecule has 1 aromatic carbocycles. The summed E-state index contributed by atoms with van der Waals surface area (Å²) in [7, 11) is 0. The molecule has 2 aromatic rings. The first-order valence-corrected chi connectivity index (χ1v) is 6.13. The summed E-state index contributed by atoms with van der Waals surface area (Å²) in [5, 5.41) is 2.86. The molecule has 5 heteroatoms. The lowest BCUT2D eigenvalue weighted by atomic mass is 10.2. The molecule has 1 aromatic heterocycles. The summed E-state index contributed by atoms with van der Waals surface area (Å²) in [4.78, 5) is 18.0. The molecule has 18 heavy (non-hydrogen) atoms. The highest BCUT2D eigenvalue weighted by Crippen LogP contribution is 2.24. The quantitative estimate of drug-likeness (QED) is 0.828. The first-order valence-electron chi connectivity index (χ1n) is 6.13. The third-order valence-corrected chi connectivity index (χ3v) is 3.22. The molecule has 3 rings (SSSR count). The minimum absolute atomic E-state index is 0.0844. The van der Waals surface area contributed by atoms with Gasteiger partial charge in [-0.2, -0.15) is 4.98 Å². The van der Waals surface area contributed by atoms with Gasteiger partial charge < -0.3 is 14.6 Å². The number of oxazole rings is 1. The van der Waals surface area contributed by atoms with Gasteiger partial charge in [0.25, 0.3) is 6.01 Å². The minimum atomic E-state index is 0.0844. The summed E-state index contributed by atoms with van der Waals surface area (Å²) in [5.41, 5.74) is 1.63. The first-order chi connectivity index (χ1) is 8.74. The van der Waals surface area contributed by atoms with Crippen molar-refractivity contribution in [3.8, 4) is 0 Å². The van der Waals surface area contributed by atoms with E-state index in [1.807, 2.05) is 36.1 Å². The molecule has 1 N–H and O–H groups in total. The Morgan fingerprint density at radius 3 is 3.11 bits per heavy atom. The summed E-state index contributed by atoms with van der Waals surface area (Å²) in [5.74, 6) is 0.0844. The van der Waals surface area contributed by atoms with Crippen LogP contribution in [0.4, 0.5) is 6.01 Å². The summed E-state index contributed by atoms with van der Waals surface area (Å²) in [6.07, 6.45) is 0.471. The molecule has 0 radical (unpaired) electrons. The van der Waals surface area contributed by atoms with Crippen molar-refractivity contribution in [2.45, 2.75) is 19.4 Å². The summed E-state index contributed by atoms with van der Waals surface area (Å²) < 4.78 is 5.74. The molecule has 1 saturated heterocycles. The molecule has 0 saturated carbocycles. The molecule has 2 heterocycles. The molecular weight excluding hydrogens is 230 g/mol. The predicted molar refractivity (Wildman–Crippen MR) is 68.4 cm³/mol. The van der Waals surface area contributed by atoms with Gasteiger partial charge >= 0.3 is 0 Å². The van der Waals surface area contributed by atoms with Crippen LogP contribution in [0.1, 0.15) is 13.3 Å². The van der Waals surface area contributed by atoms with E-state index in [2.05, 4.69) is 10.3 Å². The van der Waals surface area contributed by atoms with Crippen molar-refractivity contribution in [3.63, 3.8) is 0 Å². The van der Waals surface area contributed by atoms with Crippen LogP contribution in [0.3, 0.4) is 0 Å². The fourth-order valence-corrected chi connectivity index (χ4v) is 2.25. The van der Waals surface area contributed by atoms with Gasteiger partial charge in [-0.25, -0.2) is 0 Å². The third-order valence-electron chi connectivity index (χ3n) is 3.22. The van der Waals surface area contributed by atoms with E-state index in [4.69, 9.17) is 4.42 Å². The van der Waals surface area contributed by atoms with Gasteiger partial charge in [-0.3, -0.25) is 4.79 Å². The van der Waals surface area contributed by atoms with Gasteiger partial charge in [-0.1, -0.05) is 12.1 Å². The van der Waals surface area contributed by atoms with Crippen LogP contribution in [0.2, 0.25) is 0 Å². The number of rotatable bonds is 1. The maximum atomic E-state index is 11.5. The zero-order valence-corrected chi connectivity index (χ0v) is 10.2. The van der Waals surface area contributed by atoms with E-state index >= 15 is 0 Å². The van der Waals surface area contributed by atoms with E-state index in [1.54, 1.807) is 0 Å². The van der Waals surface area contributed by atoms with Crippen LogP contribution < -0.4 is 10.2 Å². The van der Waals surface area contributed by atoms with E-state index in [9.17, 15) is 4.79 Å². The third kappa shape index (κ3) is 1.92. The molecule has 0 bridgehead atoms. The second-order valence-corrected chi connectivity index (χ2v) is 4.56. The number of amides is 1. The van der Waals surface area contributed by atoms with Crippen LogP contribution in [0.15, 0.2) is 28.7 Å². The Bertz CT molecular complexity index is 545. The lowest BCUT2D eigenvalue weighted by molar-refractivity contribution is -0.120. The van der Waals surface area contributed by atoms with Crippen molar-refractivity contribution >= 4 is 23.0 Å². The Balaban J connectivity index is 1.95. The average molecular weight is 245 g/mol. The van der Waals surface area contributed by atoms with Gasteiger partial charge in [-0.15, -0.1) is 0 Å². The molecule has 1 amide bonds. The van der Waals surface area contributed by atoms with E-state index in [1.165, 1.54) is 0 Å². The van der Waals surface area contributed by atoms with Gasteiger partial charge in [0.15, 0.2) is 5.58 Å². The molecule has 94 valence electrons. The fourth-order valence-electron chi connectivity index (χ4n) is 2.25. The van der Waals surface area contributed by atoms with Gasteiger partial charge in [0, 0.05) is 25.6 Å². The Morgan fingerprint density at radius 1 is 1.44 bits per heavy atom. The number of carbonyl (C=O) groups is 1. The lowest BCUT2D eigenvalue weighted by Crippen LogP contribution is -2.34. The van der Waals surface area contributed by atoms with Crippen LogP contribution in [0.5, 0.6) is 0 Å². The highest BCUT2D eigenvalue weighted by molar-refractivity contribution is 5.78. The molecule has 1 unspecified atom stereocenters. The van der Waals surface area contributed by atoms with Crippen LogP contribution in [0.25, 0.3) is 11.1 Å². The van der Waals surface area contributed by atoms with Crippen molar-refractivity contribution in [2.24, 2.45) is 0 Å². The Morgan fingerprint density at radius 2 is 2.28 bits per heavy atom. The minimum Gasteiger partial charge on any atom is -0.423 e. The molecule has 1 aliphatic heterocycles. The number of hydrogen-bond acceptors (Lipinski definition) is 4. The number of para-hydroxylation sites is 2. The largest absolute Gasteiger partial charge is 0.423 e. The Hall–Kier alpha value is -2.04. The van der Waals surface area contributed by atoms with E-state index in [0.29, 0.717) is 19.0 Å². The van der Waals surface area contributed by atoms with Crippen molar-refractivity contribution < 1.29 is 9.21 Å². The SMILES string of the molecule is CC1CC(=O)NCCN1c1nc2ccccc2o1. The lowest BCUT2D eigenvalue weighted by Gasteiger charge is -2.23. The topological polar surface area (TPSA) is 58.4 Å². The van der Waals surface area contributed by atoms with Crippen LogP contribution in [-0.2, 0) is 4.79 Å². The maximum Gasteiger partial charge on any atom is 0.298 e. The zero-order valence-electron chi connectivity index (χ0n) is 10.2. The number of carbonyl (C=O) groups excluding carboxylic acids is 1. The van der Waals surface area contributed by atoms with E-state index < -0.39 is 0 Å². The van der Waals surface area contributed by atoms with Crippen LogP contribution in [-0.4, -0.2) is 30.0 Å². The van der Waals surface area contributed by atoms with Crippen molar-refractivity contribution in [2.75, 3.05) is 18.0 Å². The van der Waals surface area contributed by atoms with Gasteiger partial charge in [0.1, 0.15) is 5.52 Å². The van der Waals surface area contributed by atoms with E-state index in [0.717, 1.165) is 17.6 Å². The molecule has 1 aliphatic rings. The van der Waals surface area contributed by atoms with Gasteiger partial charge in [-0.05, 0) is 19.1 Å². The number of nitrogens with zero attached hydrogens (tertiary/aromatic N) is 2. The number of nitrogens with one attached hydrogen (secondary N) is 1. The standard InChI is InChI=1S/C13H15N3O2/c1-9-8-12(17)14-6-7-16(9)13-15-10-4-2-3-5-11(10)18-13/h2-5,9H,6-8H2,1H3,(H,14,17). The Kier molecular flexibility index (Phi) is 2.66. The predicted octanol–water partition coefficient (Wildman–Crippen LogP) is 1.54. The number of aromatic nitrogens is 1. The second kappa shape index (κ2) is 4.33. The molecular formula is C13H15N3O2. The second-order valence-electron chi connectivity index (χ2n) is 4.56. The van der Waals surface area contributed by atoms with Crippen LogP contribution >= 0.6 is 0 Å².